The molecular formula is C10H17N5O3. The van der Waals surface area contributed by atoms with E-state index in [1.54, 1.807) is 16.6 Å². The number of carbonyl (C=O) groups excluding carboxylic acids is 1. The van der Waals surface area contributed by atoms with E-state index in [0.29, 0.717) is 45.0 Å². The van der Waals surface area contributed by atoms with Gasteiger partial charge >= 0.3 is 11.7 Å². The van der Waals surface area contributed by atoms with Gasteiger partial charge in [0.25, 0.3) is 0 Å². The molecule has 0 aliphatic carbocycles. The molecule has 1 aliphatic heterocycles. The van der Waals surface area contributed by atoms with E-state index in [1.165, 1.54) is 0 Å². The quantitative estimate of drug-likeness (QED) is 0.663. The molecule has 0 saturated carbocycles. The lowest BCUT2D eigenvalue weighted by Crippen LogP contribution is -2.42. The number of methoxy groups -OCH3 is 1. The maximum atomic E-state index is 11.8. The molecule has 2 amide bonds. The van der Waals surface area contributed by atoms with Crippen molar-refractivity contribution in [2.24, 2.45) is 0 Å². The summed E-state index contributed by atoms with van der Waals surface area (Å²) in [5.41, 5.74) is -0.216. The first-order chi connectivity index (χ1) is 8.72. The van der Waals surface area contributed by atoms with Crippen molar-refractivity contribution in [3.8, 4) is 0 Å². The average molecular weight is 255 g/mol. The van der Waals surface area contributed by atoms with Gasteiger partial charge in [0.1, 0.15) is 5.82 Å². The van der Waals surface area contributed by atoms with E-state index in [9.17, 15) is 9.59 Å². The molecule has 2 N–H and O–H groups in total. The van der Waals surface area contributed by atoms with Gasteiger partial charge in [-0.2, -0.15) is 5.10 Å². The van der Waals surface area contributed by atoms with Gasteiger partial charge in [0.2, 0.25) is 0 Å². The van der Waals surface area contributed by atoms with Crippen LogP contribution < -0.4 is 11.0 Å². The third-order valence-corrected chi connectivity index (χ3v) is 2.91. The van der Waals surface area contributed by atoms with Crippen LogP contribution in [0.3, 0.4) is 0 Å². The van der Waals surface area contributed by atoms with Gasteiger partial charge in [-0.05, 0) is 0 Å². The van der Waals surface area contributed by atoms with E-state index in [1.807, 2.05) is 0 Å². The molecule has 0 bridgehead atoms. The highest BCUT2D eigenvalue weighted by atomic mass is 16.5. The molecule has 2 rings (SSSR count). The van der Waals surface area contributed by atoms with E-state index >= 15 is 0 Å². The molecule has 0 fully saturated rings. The number of urea groups is 1. The van der Waals surface area contributed by atoms with Crippen LogP contribution in [0.5, 0.6) is 0 Å². The highest BCUT2D eigenvalue weighted by Gasteiger charge is 2.19. The van der Waals surface area contributed by atoms with E-state index < -0.39 is 0 Å². The van der Waals surface area contributed by atoms with Crippen LogP contribution in [-0.2, 0) is 17.7 Å². The van der Waals surface area contributed by atoms with Gasteiger partial charge in [0.15, 0.2) is 0 Å². The molecule has 0 atom stereocenters. The van der Waals surface area contributed by atoms with Gasteiger partial charge in [-0.1, -0.05) is 0 Å². The Morgan fingerprint density at radius 3 is 3.11 bits per heavy atom. The Kier molecular flexibility index (Phi) is 3.98. The zero-order valence-corrected chi connectivity index (χ0v) is 10.3. The predicted molar refractivity (Wildman–Crippen MR) is 63.4 cm³/mol. The molecule has 0 radical (unpaired) electrons. The molecule has 1 aromatic heterocycles. The zero-order valence-electron chi connectivity index (χ0n) is 10.3. The second-order valence-electron chi connectivity index (χ2n) is 4.06. The van der Waals surface area contributed by atoms with E-state index in [4.69, 9.17) is 4.74 Å². The van der Waals surface area contributed by atoms with Crippen molar-refractivity contribution in [1.29, 1.82) is 0 Å². The summed E-state index contributed by atoms with van der Waals surface area (Å²) in [7, 11) is 1.59. The Bertz CT molecular complexity index is 466. The number of hydrogen-bond acceptors (Lipinski definition) is 4. The smallest absolute Gasteiger partial charge is 0.343 e. The first kappa shape index (κ1) is 12.6. The Morgan fingerprint density at radius 2 is 2.33 bits per heavy atom. The highest BCUT2D eigenvalue weighted by molar-refractivity contribution is 5.74. The van der Waals surface area contributed by atoms with Crippen molar-refractivity contribution in [2.75, 3.05) is 33.4 Å². The lowest BCUT2D eigenvalue weighted by molar-refractivity contribution is 0.180. The second kappa shape index (κ2) is 5.67. The third-order valence-electron chi connectivity index (χ3n) is 2.91. The number of fused-ring (bicyclic) bond motifs is 1. The van der Waals surface area contributed by atoms with Crippen LogP contribution in [0.2, 0.25) is 0 Å². The van der Waals surface area contributed by atoms with E-state index in [0.717, 1.165) is 0 Å². The van der Waals surface area contributed by atoms with Crippen molar-refractivity contribution in [3.63, 3.8) is 0 Å². The van der Waals surface area contributed by atoms with Crippen molar-refractivity contribution < 1.29 is 9.53 Å². The summed E-state index contributed by atoms with van der Waals surface area (Å²) in [5, 5.41) is 9.11. The zero-order chi connectivity index (χ0) is 13.0. The molecule has 2 heterocycles. The van der Waals surface area contributed by atoms with Gasteiger partial charge in [-0.25, -0.2) is 14.7 Å². The van der Waals surface area contributed by atoms with Gasteiger partial charge in [0, 0.05) is 39.7 Å². The summed E-state index contributed by atoms with van der Waals surface area (Å²) in [4.78, 5) is 24.9. The summed E-state index contributed by atoms with van der Waals surface area (Å²) < 4.78 is 6.44. The molecule has 0 aromatic carbocycles. The topological polar surface area (TPSA) is 92.2 Å². The number of hydrogen-bond donors (Lipinski definition) is 2. The molecule has 1 aromatic rings. The minimum absolute atomic E-state index is 0.130. The molecule has 18 heavy (non-hydrogen) atoms. The summed E-state index contributed by atoms with van der Waals surface area (Å²) in [6.07, 6.45) is 0.580. The Morgan fingerprint density at radius 1 is 1.50 bits per heavy atom. The molecule has 100 valence electrons. The SMILES string of the molecule is COCCNC(=O)N1CCc2n[nH]c(=O)n2CC1. The minimum Gasteiger partial charge on any atom is -0.383 e. The second-order valence-corrected chi connectivity index (χ2v) is 4.06. The first-order valence-corrected chi connectivity index (χ1v) is 5.88. The van der Waals surface area contributed by atoms with Gasteiger partial charge < -0.3 is 15.0 Å². The lowest BCUT2D eigenvalue weighted by Gasteiger charge is -2.20. The van der Waals surface area contributed by atoms with Crippen LogP contribution in [0, 0.1) is 0 Å². The van der Waals surface area contributed by atoms with Crippen molar-refractivity contribution >= 4 is 6.03 Å². The fraction of sp³-hybridized carbons (Fsp3) is 0.700. The van der Waals surface area contributed by atoms with Gasteiger partial charge in [-0.15, -0.1) is 0 Å². The Balaban J connectivity index is 1.91. The van der Waals surface area contributed by atoms with E-state index in [-0.39, 0.29) is 11.7 Å². The number of aromatic amines is 1. The fourth-order valence-corrected chi connectivity index (χ4v) is 1.91. The number of ether oxygens (including phenoxy) is 1. The van der Waals surface area contributed by atoms with Crippen LogP contribution in [0.15, 0.2) is 4.79 Å². The number of aromatic nitrogens is 3. The summed E-state index contributed by atoms with van der Waals surface area (Å²) >= 11 is 0. The summed E-state index contributed by atoms with van der Waals surface area (Å²) in [6.45, 7) is 2.51. The molecule has 0 unspecified atom stereocenters. The van der Waals surface area contributed by atoms with Crippen molar-refractivity contribution in [3.05, 3.63) is 16.3 Å². The predicted octanol–water partition coefficient (Wildman–Crippen LogP) is -1.21. The molecule has 0 spiro atoms. The number of nitrogens with one attached hydrogen (secondary N) is 2. The summed E-state index contributed by atoms with van der Waals surface area (Å²) in [6, 6.07) is -0.130. The van der Waals surface area contributed by atoms with Crippen LogP contribution >= 0.6 is 0 Å². The van der Waals surface area contributed by atoms with Crippen LogP contribution in [0.4, 0.5) is 4.79 Å². The molecular weight excluding hydrogens is 238 g/mol. The molecule has 8 heteroatoms. The number of H-pyrrole nitrogens is 1. The maximum Gasteiger partial charge on any atom is 0.343 e. The average Bonchev–Trinajstić information content (AvgIpc) is 2.61. The largest absolute Gasteiger partial charge is 0.383 e. The Hall–Kier alpha value is -1.83. The number of rotatable bonds is 3. The van der Waals surface area contributed by atoms with Crippen molar-refractivity contribution in [2.45, 2.75) is 13.0 Å². The standard InChI is InChI=1S/C10H17N5O3/c1-18-7-3-11-9(16)14-4-2-8-12-13-10(17)15(8)6-5-14/h2-7H2,1H3,(H,11,16)(H,13,17). The molecule has 8 nitrogen and oxygen atoms in total. The highest BCUT2D eigenvalue weighted by Crippen LogP contribution is 2.03. The van der Waals surface area contributed by atoms with E-state index in [2.05, 4.69) is 15.5 Å². The normalized spacial score (nSPS) is 15.1. The lowest BCUT2D eigenvalue weighted by atomic mass is 10.4. The van der Waals surface area contributed by atoms with Crippen molar-refractivity contribution in [1.82, 2.24) is 25.0 Å². The fourth-order valence-electron chi connectivity index (χ4n) is 1.91. The maximum absolute atomic E-state index is 11.8. The molecule has 0 saturated heterocycles. The molecule has 1 aliphatic rings. The summed E-state index contributed by atoms with van der Waals surface area (Å²) in [5.74, 6) is 0.701. The number of nitrogens with zero attached hydrogens (tertiary/aromatic N) is 3. The minimum atomic E-state index is -0.216. The van der Waals surface area contributed by atoms with Crippen LogP contribution in [0.1, 0.15) is 5.82 Å². The number of carbonyl (C=O) groups is 1. The third kappa shape index (κ3) is 2.70. The monoisotopic (exact) mass is 255 g/mol. The van der Waals surface area contributed by atoms with Crippen LogP contribution in [-0.4, -0.2) is 59.0 Å². The van der Waals surface area contributed by atoms with Crippen LogP contribution in [0.25, 0.3) is 0 Å². The first-order valence-electron chi connectivity index (χ1n) is 5.88. The van der Waals surface area contributed by atoms with Gasteiger partial charge in [0.05, 0.1) is 6.61 Å². The Labute approximate surface area is 104 Å². The van der Waals surface area contributed by atoms with Gasteiger partial charge in [-0.3, -0.25) is 4.57 Å². The number of amides is 2.